The number of carboxylic acids is 1. The van der Waals surface area contributed by atoms with E-state index < -0.39 is 42.5 Å². The lowest BCUT2D eigenvalue weighted by atomic mass is 10.1. The Morgan fingerprint density at radius 2 is 1.83 bits per heavy atom. The molecule has 0 aliphatic heterocycles. The molecule has 18 heavy (non-hydrogen) atoms. The molecule has 1 atom stereocenters. The Hall–Kier alpha value is -1.40. The fourth-order valence-corrected chi connectivity index (χ4v) is 1.09. The maximum absolute atomic E-state index is 13.1. The molecule has 7 heteroatoms. The van der Waals surface area contributed by atoms with Gasteiger partial charge in [0.25, 0.3) is 0 Å². The van der Waals surface area contributed by atoms with Gasteiger partial charge < -0.3 is 15.2 Å². The van der Waals surface area contributed by atoms with Gasteiger partial charge in [-0.15, -0.1) is 0 Å². The zero-order valence-electron chi connectivity index (χ0n) is 10.9. The van der Waals surface area contributed by atoms with Crippen molar-refractivity contribution in [2.75, 3.05) is 0 Å². The maximum atomic E-state index is 13.1. The van der Waals surface area contributed by atoms with Gasteiger partial charge in [0.2, 0.25) is 5.92 Å². The van der Waals surface area contributed by atoms with E-state index >= 15 is 0 Å². The second-order valence-electron chi connectivity index (χ2n) is 4.95. The molecule has 0 fully saturated rings. The molecular formula is C11H19F2NO4. The SMILES string of the molecule is CCC(F)(F)C[C@@H](NC(=O)OC(C)(C)C)C(=O)O. The minimum absolute atomic E-state index is 0.493. The Morgan fingerprint density at radius 1 is 1.33 bits per heavy atom. The molecule has 1 amide bonds. The van der Waals surface area contributed by atoms with Gasteiger partial charge in [0.1, 0.15) is 11.6 Å². The highest BCUT2D eigenvalue weighted by Crippen LogP contribution is 2.24. The minimum atomic E-state index is -3.14. The first kappa shape index (κ1) is 16.6. The summed E-state index contributed by atoms with van der Waals surface area (Å²) in [5.74, 6) is -4.66. The van der Waals surface area contributed by atoms with Crippen molar-refractivity contribution in [1.29, 1.82) is 0 Å². The molecule has 0 aromatic carbocycles. The average molecular weight is 267 g/mol. The predicted molar refractivity (Wildman–Crippen MR) is 60.6 cm³/mol. The molecule has 0 aromatic heterocycles. The van der Waals surface area contributed by atoms with Gasteiger partial charge in [-0.05, 0) is 20.8 Å². The van der Waals surface area contributed by atoms with Gasteiger partial charge in [-0.2, -0.15) is 0 Å². The number of hydrogen-bond acceptors (Lipinski definition) is 3. The Morgan fingerprint density at radius 3 is 2.17 bits per heavy atom. The third kappa shape index (κ3) is 7.03. The number of ether oxygens (including phenoxy) is 1. The van der Waals surface area contributed by atoms with Crippen LogP contribution in [0.3, 0.4) is 0 Å². The third-order valence-corrected chi connectivity index (χ3v) is 2.01. The van der Waals surface area contributed by atoms with Gasteiger partial charge in [0, 0.05) is 12.8 Å². The Bertz CT molecular complexity index is 313. The number of alkyl halides is 2. The van der Waals surface area contributed by atoms with Crippen molar-refractivity contribution in [3.63, 3.8) is 0 Å². The standard InChI is InChI=1S/C11H19F2NO4/c1-5-11(12,13)6-7(8(15)16)14-9(17)18-10(2,3)4/h7H,5-6H2,1-4H3,(H,14,17)(H,15,16)/t7-/m1/s1. The Balaban J connectivity index is 4.56. The average Bonchev–Trinajstić information content (AvgIpc) is 2.13. The van der Waals surface area contributed by atoms with Crippen LogP contribution in [0.25, 0.3) is 0 Å². The summed E-state index contributed by atoms with van der Waals surface area (Å²) in [6.45, 7) is 6.00. The monoisotopic (exact) mass is 267 g/mol. The molecule has 0 saturated carbocycles. The molecule has 0 spiro atoms. The number of aliphatic carboxylic acids is 1. The summed E-state index contributed by atoms with van der Waals surface area (Å²) in [6.07, 6.45) is -2.48. The van der Waals surface area contributed by atoms with E-state index in [2.05, 4.69) is 0 Å². The molecule has 5 nitrogen and oxygen atoms in total. The van der Waals surface area contributed by atoms with Crippen molar-refractivity contribution in [3.05, 3.63) is 0 Å². The van der Waals surface area contributed by atoms with Crippen molar-refractivity contribution < 1.29 is 28.2 Å². The smallest absolute Gasteiger partial charge is 0.408 e. The highest BCUT2D eigenvalue weighted by Gasteiger charge is 2.35. The fraction of sp³-hybridized carbons (Fsp3) is 0.818. The van der Waals surface area contributed by atoms with Crippen LogP contribution in [0.1, 0.15) is 40.5 Å². The Labute approximate surface area is 105 Å². The zero-order chi connectivity index (χ0) is 14.6. The van der Waals surface area contributed by atoms with Crippen LogP contribution in [0, 0.1) is 0 Å². The van der Waals surface area contributed by atoms with Gasteiger partial charge >= 0.3 is 12.1 Å². The van der Waals surface area contributed by atoms with E-state index in [0.717, 1.165) is 0 Å². The largest absolute Gasteiger partial charge is 0.480 e. The van der Waals surface area contributed by atoms with Gasteiger partial charge in [-0.3, -0.25) is 0 Å². The molecule has 106 valence electrons. The van der Waals surface area contributed by atoms with Gasteiger partial charge in [0.15, 0.2) is 0 Å². The van der Waals surface area contributed by atoms with Crippen LogP contribution in [-0.2, 0) is 9.53 Å². The van der Waals surface area contributed by atoms with Crippen molar-refractivity contribution in [1.82, 2.24) is 5.32 Å². The molecule has 0 radical (unpaired) electrons. The minimum Gasteiger partial charge on any atom is -0.480 e. The Kier molecular flexibility index (Phi) is 5.51. The van der Waals surface area contributed by atoms with Gasteiger partial charge in [0.05, 0.1) is 0 Å². The second-order valence-corrected chi connectivity index (χ2v) is 4.95. The van der Waals surface area contributed by atoms with E-state index in [0.29, 0.717) is 0 Å². The summed E-state index contributed by atoms with van der Waals surface area (Å²) >= 11 is 0. The summed E-state index contributed by atoms with van der Waals surface area (Å²) in [6, 6.07) is -1.67. The van der Waals surface area contributed by atoms with E-state index in [9.17, 15) is 18.4 Å². The number of amides is 1. The lowest BCUT2D eigenvalue weighted by molar-refractivity contribution is -0.142. The number of halogens is 2. The zero-order valence-corrected chi connectivity index (χ0v) is 10.9. The summed E-state index contributed by atoms with van der Waals surface area (Å²) < 4.78 is 31.0. The number of carboxylic acid groups (broad SMARTS) is 1. The topological polar surface area (TPSA) is 75.6 Å². The van der Waals surface area contributed by atoms with Crippen LogP contribution in [0.5, 0.6) is 0 Å². The van der Waals surface area contributed by atoms with Crippen LogP contribution < -0.4 is 5.32 Å². The summed E-state index contributed by atoms with van der Waals surface area (Å²) in [5, 5.41) is 10.7. The van der Waals surface area contributed by atoms with Gasteiger partial charge in [-0.25, -0.2) is 18.4 Å². The lowest BCUT2D eigenvalue weighted by Crippen LogP contribution is -2.46. The maximum Gasteiger partial charge on any atom is 0.408 e. The number of nitrogens with one attached hydrogen (secondary N) is 1. The number of alkyl carbamates (subject to hydrolysis) is 1. The molecule has 0 aliphatic rings. The normalized spacial score (nSPS) is 13.9. The summed E-state index contributed by atoms with van der Waals surface area (Å²) in [5.41, 5.74) is -0.819. The van der Waals surface area contributed by atoms with Crippen molar-refractivity contribution >= 4 is 12.1 Å². The molecule has 0 saturated heterocycles. The van der Waals surface area contributed by atoms with E-state index in [1.54, 1.807) is 20.8 Å². The fourth-order valence-electron chi connectivity index (χ4n) is 1.09. The molecule has 2 N–H and O–H groups in total. The van der Waals surface area contributed by atoms with E-state index in [-0.39, 0.29) is 0 Å². The molecule has 0 rings (SSSR count). The van der Waals surface area contributed by atoms with Crippen molar-refractivity contribution in [2.24, 2.45) is 0 Å². The lowest BCUT2D eigenvalue weighted by Gasteiger charge is -2.23. The first-order valence-corrected chi connectivity index (χ1v) is 5.57. The second kappa shape index (κ2) is 5.97. The molecule has 0 heterocycles. The first-order chi connectivity index (χ1) is 7.97. The predicted octanol–water partition coefficient (Wildman–Crippen LogP) is 2.40. The quantitative estimate of drug-likeness (QED) is 0.802. The first-order valence-electron chi connectivity index (χ1n) is 5.57. The van der Waals surface area contributed by atoms with Crippen LogP contribution in [0.15, 0.2) is 0 Å². The number of hydrogen-bond donors (Lipinski definition) is 2. The molecule has 0 unspecified atom stereocenters. The van der Waals surface area contributed by atoms with Crippen LogP contribution in [0.4, 0.5) is 13.6 Å². The van der Waals surface area contributed by atoms with E-state index in [1.165, 1.54) is 6.92 Å². The molecule has 0 aliphatic carbocycles. The highest BCUT2D eigenvalue weighted by atomic mass is 19.3. The third-order valence-electron chi connectivity index (χ3n) is 2.01. The van der Waals surface area contributed by atoms with E-state index in [4.69, 9.17) is 9.84 Å². The van der Waals surface area contributed by atoms with Crippen LogP contribution >= 0.6 is 0 Å². The molecule has 0 aromatic rings. The highest BCUT2D eigenvalue weighted by molar-refractivity contribution is 5.80. The number of carbonyl (C=O) groups excluding carboxylic acids is 1. The van der Waals surface area contributed by atoms with Crippen molar-refractivity contribution in [2.45, 2.75) is 58.1 Å². The number of carbonyl (C=O) groups is 2. The molecule has 0 bridgehead atoms. The van der Waals surface area contributed by atoms with Crippen LogP contribution in [0.2, 0.25) is 0 Å². The van der Waals surface area contributed by atoms with E-state index in [1.807, 2.05) is 5.32 Å². The number of rotatable bonds is 5. The van der Waals surface area contributed by atoms with Crippen LogP contribution in [-0.4, -0.2) is 34.7 Å². The summed E-state index contributed by atoms with van der Waals surface area (Å²) in [7, 11) is 0. The molecular weight excluding hydrogens is 248 g/mol. The van der Waals surface area contributed by atoms with Crippen molar-refractivity contribution in [3.8, 4) is 0 Å². The van der Waals surface area contributed by atoms with Gasteiger partial charge in [-0.1, -0.05) is 6.92 Å². The summed E-state index contributed by atoms with van der Waals surface area (Å²) in [4.78, 5) is 22.1.